The first-order valence-electron chi connectivity index (χ1n) is 7.29. The van der Waals surface area contributed by atoms with Crippen LogP contribution in [-0.2, 0) is 0 Å². The zero-order valence-corrected chi connectivity index (χ0v) is 12.7. The molecule has 0 bridgehead atoms. The summed E-state index contributed by atoms with van der Waals surface area (Å²) in [6.07, 6.45) is 1.08. The molecule has 0 amide bonds. The topological polar surface area (TPSA) is 12.0 Å². The molecule has 0 aliphatic rings. The third-order valence-electron chi connectivity index (χ3n) is 4.03. The molecule has 3 heteroatoms. The van der Waals surface area contributed by atoms with Crippen LogP contribution < -0.4 is 5.32 Å². The predicted octanol–water partition coefficient (Wildman–Crippen LogP) is 4.79. The van der Waals surface area contributed by atoms with Gasteiger partial charge in [-0.05, 0) is 36.6 Å². The van der Waals surface area contributed by atoms with Gasteiger partial charge in [0, 0.05) is 5.56 Å². The molecule has 0 radical (unpaired) electrons. The van der Waals surface area contributed by atoms with Crippen molar-refractivity contribution in [3.05, 3.63) is 70.8 Å². The lowest BCUT2D eigenvalue weighted by Crippen LogP contribution is -2.19. The van der Waals surface area contributed by atoms with Gasteiger partial charge in [0.25, 0.3) is 0 Å². The van der Waals surface area contributed by atoms with Crippen LogP contribution in [-0.4, -0.2) is 7.05 Å². The normalized spacial score (nSPS) is 14.0. The van der Waals surface area contributed by atoms with Crippen LogP contribution in [0.15, 0.2) is 42.5 Å². The molecule has 21 heavy (non-hydrogen) atoms. The van der Waals surface area contributed by atoms with E-state index >= 15 is 0 Å². The highest BCUT2D eigenvalue weighted by Crippen LogP contribution is 2.27. The Morgan fingerprint density at radius 1 is 1.00 bits per heavy atom. The first-order valence-corrected chi connectivity index (χ1v) is 7.29. The van der Waals surface area contributed by atoms with Crippen molar-refractivity contribution in [2.24, 2.45) is 0 Å². The first-order chi connectivity index (χ1) is 10.1. The first kappa shape index (κ1) is 15.6. The van der Waals surface area contributed by atoms with E-state index in [-0.39, 0.29) is 6.04 Å². The third-order valence-corrected chi connectivity index (χ3v) is 4.03. The number of hydrogen-bond acceptors (Lipinski definition) is 1. The Kier molecular flexibility index (Phi) is 5.07. The number of hydrogen-bond donors (Lipinski definition) is 1. The molecule has 2 rings (SSSR count). The molecule has 112 valence electrons. The van der Waals surface area contributed by atoms with Gasteiger partial charge in [-0.25, -0.2) is 8.78 Å². The smallest absolute Gasteiger partial charge is 0.163 e. The monoisotopic (exact) mass is 289 g/mol. The molecule has 0 spiro atoms. The maximum atomic E-state index is 14.0. The third kappa shape index (κ3) is 3.30. The van der Waals surface area contributed by atoms with E-state index < -0.39 is 11.6 Å². The van der Waals surface area contributed by atoms with Crippen LogP contribution in [0.3, 0.4) is 0 Å². The maximum absolute atomic E-state index is 14.0. The number of rotatable bonds is 5. The van der Waals surface area contributed by atoms with Gasteiger partial charge in [-0.1, -0.05) is 50.2 Å². The summed E-state index contributed by atoms with van der Waals surface area (Å²) in [7, 11) is 1.75. The Morgan fingerprint density at radius 2 is 1.62 bits per heavy atom. The van der Waals surface area contributed by atoms with Gasteiger partial charge >= 0.3 is 0 Å². The van der Waals surface area contributed by atoms with Crippen molar-refractivity contribution in [2.75, 3.05) is 7.05 Å². The molecule has 0 saturated carbocycles. The fraction of sp³-hybridized carbons (Fsp3) is 0.333. The highest BCUT2D eigenvalue weighted by atomic mass is 19.2. The van der Waals surface area contributed by atoms with Gasteiger partial charge < -0.3 is 5.32 Å². The van der Waals surface area contributed by atoms with E-state index in [0.29, 0.717) is 11.5 Å². The Balaban J connectivity index is 2.35. The summed E-state index contributed by atoms with van der Waals surface area (Å²) in [6.45, 7) is 4.33. The van der Waals surface area contributed by atoms with Crippen LogP contribution in [0.4, 0.5) is 8.78 Å². The number of nitrogens with one attached hydrogen (secondary N) is 1. The van der Waals surface area contributed by atoms with E-state index in [0.717, 1.165) is 18.1 Å². The second-order valence-electron chi connectivity index (χ2n) is 5.34. The van der Waals surface area contributed by atoms with E-state index in [1.807, 2.05) is 12.1 Å². The molecule has 1 nitrogen and oxygen atoms in total. The van der Waals surface area contributed by atoms with E-state index in [4.69, 9.17) is 0 Å². The molecular formula is C18H21F2N. The van der Waals surface area contributed by atoms with Gasteiger partial charge in [0.15, 0.2) is 11.6 Å². The van der Waals surface area contributed by atoms with Crippen LogP contribution >= 0.6 is 0 Å². The Bertz CT molecular complexity index is 593. The molecule has 2 atom stereocenters. The van der Waals surface area contributed by atoms with Crippen molar-refractivity contribution in [1.82, 2.24) is 5.32 Å². The summed E-state index contributed by atoms with van der Waals surface area (Å²) >= 11 is 0. The molecule has 0 aliphatic heterocycles. The fourth-order valence-corrected chi connectivity index (χ4v) is 2.50. The van der Waals surface area contributed by atoms with Crippen LogP contribution in [0.25, 0.3) is 0 Å². The zero-order chi connectivity index (χ0) is 15.4. The van der Waals surface area contributed by atoms with Crippen molar-refractivity contribution in [3.8, 4) is 0 Å². The van der Waals surface area contributed by atoms with Crippen molar-refractivity contribution >= 4 is 0 Å². The van der Waals surface area contributed by atoms with Crippen molar-refractivity contribution in [3.63, 3.8) is 0 Å². The lowest BCUT2D eigenvalue weighted by atomic mass is 9.93. The van der Waals surface area contributed by atoms with Gasteiger partial charge in [-0.15, -0.1) is 0 Å². The minimum atomic E-state index is -0.816. The fourth-order valence-electron chi connectivity index (χ4n) is 2.50. The lowest BCUT2D eigenvalue weighted by Gasteiger charge is -2.19. The second-order valence-corrected chi connectivity index (χ2v) is 5.34. The summed E-state index contributed by atoms with van der Waals surface area (Å²) in [5, 5.41) is 3.06. The molecule has 1 N–H and O–H groups in total. The van der Waals surface area contributed by atoms with E-state index in [2.05, 4.69) is 31.3 Å². The Labute approximate surface area is 125 Å². The lowest BCUT2D eigenvalue weighted by molar-refractivity contribution is 0.487. The van der Waals surface area contributed by atoms with Gasteiger partial charge in [-0.2, -0.15) is 0 Å². The predicted molar refractivity (Wildman–Crippen MR) is 82.4 cm³/mol. The largest absolute Gasteiger partial charge is 0.309 e. The van der Waals surface area contributed by atoms with Crippen LogP contribution in [0, 0.1) is 11.6 Å². The average molecular weight is 289 g/mol. The van der Waals surface area contributed by atoms with E-state index in [1.165, 1.54) is 11.6 Å². The average Bonchev–Trinajstić information content (AvgIpc) is 2.52. The number of halogens is 2. The zero-order valence-electron chi connectivity index (χ0n) is 12.7. The molecule has 2 aromatic rings. The molecule has 0 saturated heterocycles. The van der Waals surface area contributed by atoms with Crippen molar-refractivity contribution in [1.29, 1.82) is 0 Å². The summed E-state index contributed by atoms with van der Waals surface area (Å²) in [5.41, 5.74) is 2.51. The molecule has 2 aromatic carbocycles. The summed E-state index contributed by atoms with van der Waals surface area (Å²) < 4.78 is 27.4. The van der Waals surface area contributed by atoms with Gasteiger partial charge in [0.1, 0.15) is 0 Å². The molecular weight excluding hydrogens is 268 g/mol. The SMILES string of the molecule is CCC(C)c1ccc(C(NC)c2cccc(F)c2F)cc1. The molecule has 2 unspecified atom stereocenters. The highest BCUT2D eigenvalue weighted by molar-refractivity contribution is 5.35. The summed E-state index contributed by atoms with van der Waals surface area (Å²) in [6, 6.07) is 12.0. The summed E-state index contributed by atoms with van der Waals surface area (Å²) in [5.74, 6) is -1.11. The Hall–Kier alpha value is -1.74. The van der Waals surface area contributed by atoms with Crippen LogP contribution in [0.5, 0.6) is 0 Å². The minimum absolute atomic E-state index is 0.328. The van der Waals surface area contributed by atoms with Crippen molar-refractivity contribution in [2.45, 2.75) is 32.2 Å². The standard InChI is InChI=1S/C18H21F2N/c1-4-12(2)13-8-10-14(11-9-13)18(21-3)15-6-5-7-16(19)17(15)20/h5-12,18,21H,4H2,1-3H3. The molecule has 0 aromatic heterocycles. The van der Waals surface area contributed by atoms with Crippen molar-refractivity contribution < 1.29 is 8.78 Å². The van der Waals surface area contributed by atoms with Crippen LogP contribution in [0.2, 0.25) is 0 Å². The maximum Gasteiger partial charge on any atom is 0.163 e. The number of benzene rings is 2. The van der Waals surface area contributed by atoms with Gasteiger partial charge in [-0.3, -0.25) is 0 Å². The van der Waals surface area contributed by atoms with Gasteiger partial charge in [0.05, 0.1) is 6.04 Å². The Morgan fingerprint density at radius 3 is 2.19 bits per heavy atom. The van der Waals surface area contributed by atoms with Crippen LogP contribution in [0.1, 0.15) is 48.9 Å². The molecule has 0 aliphatic carbocycles. The van der Waals surface area contributed by atoms with E-state index in [1.54, 1.807) is 13.1 Å². The van der Waals surface area contributed by atoms with E-state index in [9.17, 15) is 8.78 Å². The highest BCUT2D eigenvalue weighted by Gasteiger charge is 2.18. The quantitative estimate of drug-likeness (QED) is 0.834. The summed E-state index contributed by atoms with van der Waals surface area (Å²) in [4.78, 5) is 0. The molecule has 0 fully saturated rings. The van der Waals surface area contributed by atoms with Gasteiger partial charge in [0.2, 0.25) is 0 Å². The second kappa shape index (κ2) is 6.81. The minimum Gasteiger partial charge on any atom is -0.309 e. The molecule has 0 heterocycles.